The van der Waals surface area contributed by atoms with Crippen molar-refractivity contribution in [1.82, 2.24) is 10.6 Å². The van der Waals surface area contributed by atoms with Gasteiger partial charge in [0, 0.05) is 4.88 Å². The van der Waals surface area contributed by atoms with E-state index in [9.17, 15) is 18.8 Å². The van der Waals surface area contributed by atoms with E-state index in [2.05, 4.69) is 10.6 Å². The molecule has 0 fully saturated rings. The number of thiophene rings is 1. The van der Waals surface area contributed by atoms with Crippen LogP contribution in [0.2, 0.25) is 0 Å². The zero-order valence-electron chi connectivity index (χ0n) is 16.9. The van der Waals surface area contributed by atoms with Crippen molar-refractivity contribution < 1.29 is 28.2 Å². The number of rotatable bonds is 7. The number of hydrogen-bond acceptors (Lipinski definition) is 6. The summed E-state index contributed by atoms with van der Waals surface area (Å²) in [6.07, 6.45) is 1.60. The molecule has 1 atom stereocenters. The molecule has 9 heteroatoms. The van der Waals surface area contributed by atoms with Crippen LogP contribution < -0.4 is 10.6 Å². The Morgan fingerprint density at radius 1 is 1.19 bits per heavy atom. The number of nitrogens with one attached hydrogen (secondary N) is 2. The first-order valence-electron chi connectivity index (χ1n) is 9.55. The van der Waals surface area contributed by atoms with Gasteiger partial charge in [0.25, 0.3) is 0 Å². The number of amides is 2. The Bertz CT molecular complexity index is 1030. The first-order chi connectivity index (χ1) is 14.9. The topological polar surface area (TPSA) is 93.7 Å². The van der Waals surface area contributed by atoms with E-state index >= 15 is 0 Å². The van der Waals surface area contributed by atoms with Gasteiger partial charge in [0.1, 0.15) is 12.4 Å². The number of hydrogen-bond donors (Lipinski definition) is 2. The Labute approximate surface area is 182 Å². The van der Waals surface area contributed by atoms with E-state index in [0.717, 1.165) is 0 Å². The Morgan fingerprint density at radius 2 is 1.94 bits per heavy atom. The van der Waals surface area contributed by atoms with Crippen LogP contribution in [-0.2, 0) is 19.1 Å². The van der Waals surface area contributed by atoms with Gasteiger partial charge in [-0.05, 0) is 49.1 Å². The van der Waals surface area contributed by atoms with Crippen molar-refractivity contribution >= 4 is 41.0 Å². The molecule has 3 rings (SSSR count). The van der Waals surface area contributed by atoms with Crippen molar-refractivity contribution in [1.29, 1.82) is 0 Å². The maximum absolute atomic E-state index is 13.2. The minimum atomic E-state index is -0.650. The van der Waals surface area contributed by atoms with Gasteiger partial charge in [-0.3, -0.25) is 0 Å². The summed E-state index contributed by atoms with van der Waals surface area (Å²) in [5.74, 6) is -1.64. The third-order valence-corrected chi connectivity index (χ3v) is 5.30. The molecule has 1 unspecified atom stereocenters. The molecule has 0 bridgehead atoms. The third kappa shape index (κ3) is 5.58. The molecule has 31 heavy (non-hydrogen) atoms. The molecule has 2 aromatic rings. The second-order valence-corrected chi connectivity index (χ2v) is 7.54. The van der Waals surface area contributed by atoms with Crippen molar-refractivity contribution in [2.75, 3.05) is 13.2 Å². The van der Waals surface area contributed by atoms with Crippen molar-refractivity contribution in [3.8, 4) is 0 Å². The number of carbonyl (C=O) groups is 3. The van der Waals surface area contributed by atoms with Crippen molar-refractivity contribution in [3.63, 3.8) is 0 Å². The summed E-state index contributed by atoms with van der Waals surface area (Å²) < 4.78 is 23.7. The highest BCUT2D eigenvalue weighted by molar-refractivity contribution is 7.11. The lowest BCUT2D eigenvalue weighted by atomic mass is 10.0. The summed E-state index contributed by atoms with van der Waals surface area (Å²) in [7, 11) is 0. The molecule has 1 aliphatic heterocycles. The summed E-state index contributed by atoms with van der Waals surface area (Å²) in [4.78, 5) is 37.7. The molecule has 1 aliphatic rings. The molecule has 162 valence electrons. The van der Waals surface area contributed by atoms with Crippen LogP contribution in [0.1, 0.15) is 24.3 Å². The van der Waals surface area contributed by atoms with Crippen LogP contribution in [-0.4, -0.2) is 37.2 Å². The van der Waals surface area contributed by atoms with E-state index in [0.29, 0.717) is 10.4 Å². The molecule has 0 saturated carbocycles. The van der Waals surface area contributed by atoms with Gasteiger partial charge < -0.3 is 20.1 Å². The zero-order valence-corrected chi connectivity index (χ0v) is 17.8. The fraction of sp³-hybridized carbons (Fsp3) is 0.227. The first-order valence-corrected chi connectivity index (χ1v) is 10.4. The molecule has 0 spiro atoms. The molecule has 2 N–H and O–H groups in total. The van der Waals surface area contributed by atoms with Crippen LogP contribution >= 0.6 is 11.3 Å². The minimum absolute atomic E-state index is 0.162. The van der Waals surface area contributed by atoms with Crippen LogP contribution in [0.4, 0.5) is 9.18 Å². The van der Waals surface area contributed by atoms with E-state index in [1.54, 1.807) is 44.2 Å². The SMILES string of the molecule is CCOC(=O)C1=C(COC(=O)/C(=C/c2ccc(F)cc2)c2cccs2)NC(=O)NC1C. The summed E-state index contributed by atoms with van der Waals surface area (Å²) in [5.41, 5.74) is 1.25. The number of carbonyl (C=O) groups excluding carboxylic acids is 3. The predicted octanol–water partition coefficient (Wildman–Crippen LogP) is 3.49. The van der Waals surface area contributed by atoms with Gasteiger partial charge in [-0.1, -0.05) is 18.2 Å². The van der Waals surface area contributed by atoms with Gasteiger partial charge in [0.15, 0.2) is 0 Å². The van der Waals surface area contributed by atoms with Gasteiger partial charge in [0.2, 0.25) is 0 Å². The molecule has 1 aromatic heterocycles. The first kappa shape index (κ1) is 22.2. The Hall–Kier alpha value is -3.46. The van der Waals surface area contributed by atoms with Crippen LogP contribution in [0.25, 0.3) is 11.6 Å². The van der Waals surface area contributed by atoms with Gasteiger partial charge in [0.05, 0.1) is 29.5 Å². The lowest BCUT2D eigenvalue weighted by Gasteiger charge is -2.26. The van der Waals surface area contributed by atoms with Crippen molar-refractivity contribution in [3.05, 3.63) is 69.3 Å². The van der Waals surface area contributed by atoms with Gasteiger partial charge >= 0.3 is 18.0 Å². The molecule has 0 saturated heterocycles. The fourth-order valence-corrected chi connectivity index (χ4v) is 3.73. The molecular weight excluding hydrogens is 423 g/mol. The second-order valence-electron chi connectivity index (χ2n) is 6.60. The second kappa shape index (κ2) is 10.0. The highest BCUT2D eigenvalue weighted by Crippen LogP contribution is 2.25. The van der Waals surface area contributed by atoms with E-state index < -0.39 is 24.0 Å². The molecule has 2 heterocycles. The van der Waals surface area contributed by atoms with Crippen molar-refractivity contribution in [2.45, 2.75) is 19.9 Å². The number of halogens is 1. The number of urea groups is 1. The predicted molar refractivity (Wildman–Crippen MR) is 114 cm³/mol. The molecular formula is C22H21FN2O5S. The summed E-state index contributed by atoms with van der Waals surface area (Å²) in [6, 6.07) is 8.14. The summed E-state index contributed by atoms with van der Waals surface area (Å²) in [6.45, 7) is 3.15. The lowest BCUT2D eigenvalue weighted by molar-refractivity contribution is -0.140. The average molecular weight is 444 g/mol. The number of ether oxygens (including phenoxy) is 2. The van der Waals surface area contributed by atoms with E-state index in [1.165, 1.54) is 23.5 Å². The summed E-state index contributed by atoms with van der Waals surface area (Å²) >= 11 is 1.35. The van der Waals surface area contributed by atoms with Gasteiger partial charge in [-0.2, -0.15) is 0 Å². The zero-order chi connectivity index (χ0) is 22.4. The molecule has 2 amide bonds. The number of esters is 2. The normalized spacial score (nSPS) is 16.4. The minimum Gasteiger partial charge on any atom is -0.463 e. The van der Waals surface area contributed by atoms with Crippen LogP contribution in [0.15, 0.2) is 53.0 Å². The maximum Gasteiger partial charge on any atom is 0.339 e. The molecule has 0 radical (unpaired) electrons. The highest BCUT2D eigenvalue weighted by Gasteiger charge is 2.30. The van der Waals surface area contributed by atoms with Crippen LogP contribution in [0.3, 0.4) is 0 Å². The Morgan fingerprint density at radius 3 is 2.58 bits per heavy atom. The highest BCUT2D eigenvalue weighted by atomic mass is 32.1. The van der Waals surface area contributed by atoms with Gasteiger partial charge in [-0.15, -0.1) is 11.3 Å². The average Bonchev–Trinajstić information content (AvgIpc) is 3.25. The van der Waals surface area contributed by atoms with E-state index in [-0.39, 0.29) is 35.9 Å². The van der Waals surface area contributed by atoms with Crippen LogP contribution in [0.5, 0.6) is 0 Å². The quantitative estimate of drug-likeness (QED) is 0.504. The standard InChI is InChI=1S/C22H21FN2O5S/c1-3-29-21(27)19-13(2)24-22(28)25-17(19)12-30-20(26)16(18-5-4-10-31-18)11-14-6-8-15(23)9-7-14/h4-11,13H,3,12H2,1-2H3,(H2,24,25,28)/b16-11+. The Balaban J connectivity index is 1.86. The molecule has 1 aromatic carbocycles. The molecule has 7 nitrogen and oxygen atoms in total. The van der Waals surface area contributed by atoms with Crippen LogP contribution in [0, 0.1) is 5.82 Å². The Kier molecular flexibility index (Phi) is 7.19. The maximum atomic E-state index is 13.2. The van der Waals surface area contributed by atoms with E-state index in [1.807, 2.05) is 5.38 Å². The third-order valence-electron chi connectivity index (χ3n) is 4.40. The van der Waals surface area contributed by atoms with Gasteiger partial charge in [-0.25, -0.2) is 18.8 Å². The smallest absolute Gasteiger partial charge is 0.339 e. The fourth-order valence-electron chi connectivity index (χ4n) is 3.00. The lowest BCUT2D eigenvalue weighted by Crippen LogP contribution is -2.50. The van der Waals surface area contributed by atoms with E-state index in [4.69, 9.17) is 9.47 Å². The summed E-state index contributed by atoms with van der Waals surface area (Å²) in [5, 5.41) is 6.91. The monoisotopic (exact) mass is 444 g/mol. The molecule has 0 aliphatic carbocycles. The van der Waals surface area contributed by atoms with Crippen molar-refractivity contribution in [2.24, 2.45) is 0 Å². The number of benzene rings is 1. The largest absolute Gasteiger partial charge is 0.463 e.